The number of nitrogens with zero attached hydrogens (tertiary/aromatic N) is 6. The van der Waals surface area contributed by atoms with Crippen LogP contribution in [0.4, 0.5) is 24.8 Å². The molecule has 0 amide bonds. The molecule has 180 valence electrons. The molecule has 3 heterocycles. The lowest BCUT2D eigenvalue weighted by Crippen LogP contribution is -2.47. The molecule has 0 aliphatic carbocycles. The summed E-state index contributed by atoms with van der Waals surface area (Å²) in [6, 6.07) is 15.5. The van der Waals surface area contributed by atoms with Crippen LogP contribution < -0.4 is 9.80 Å². The van der Waals surface area contributed by atoms with E-state index in [-0.39, 0.29) is 0 Å². The predicted octanol–water partition coefficient (Wildman–Crippen LogP) is 5.29. The molecule has 9 heteroatoms. The second-order valence-electron chi connectivity index (χ2n) is 8.67. The fraction of sp³-hybridized carbons (Fsp3) is 0.269. The van der Waals surface area contributed by atoms with Gasteiger partial charge in [0.25, 0.3) is 0 Å². The standard InChI is InChI=1S/C26H25F3N6/c1-18-6-8-21(9-7-18)35-17-23(19(2)32-35)24-10-11-30-25(31-24)34-14-12-33(13-15-34)22-5-3-4-20(16-22)26(27,28)29/h3-11,16-17H,12-15H2,1-2H3. The number of anilines is 2. The van der Waals surface area contributed by atoms with Gasteiger partial charge < -0.3 is 9.80 Å². The number of alkyl halides is 3. The lowest BCUT2D eigenvalue weighted by atomic mass is 10.1. The molecule has 2 aromatic heterocycles. The molecule has 1 aliphatic heterocycles. The van der Waals surface area contributed by atoms with Crippen LogP contribution in [0.3, 0.4) is 0 Å². The Balaban J connectivity index is 1.31. The summed E-state index contributed by atoms with van der Waals surface area (Å²) in [5, 5.41) is 4.65. The summed E-state index contributed by atoms with van der Waals surface area (Å²) < 4.78 is 41.1. The molecule has 0 radical (unpaired) electrons. The highest BCUT2D eigenvalue weighted by atomic mass is 19.4. The number of hydrogen-bond acceptors (Lipinski definition) is 5. The minimum absolute atomic E-state index is 0.577. The fourth-order valence-corrected chi connectivity index (χ4v) is 4.24. The lowest BCUT2D eigenvalue weighted by Gasteiger charge is -2.36. The number of halogens is 3. The van der Waals surface area contributed by atoms with Crippen LogP contribution in [-0.4, -0.2) is 45.9 Å². The maximum atomic E-state index is 13.1. The summed E-state index contributed by atoms with van der Waals surface area (Å²) in [5.74, 6) is 0.605. The lowest BCUT2D eigenvalue weighted by molar-refractivity contribution is -0.137. The predicted molar refractivity (Wildman–Crippen MR) is 130 cm³/mol. The van der Waals surface area contributed by atoms with E-state index in [0.717, 1.165) is 28.7 Å². The van der Waals surface area contributed by atoms with Crippen molar-refractivity contribution in [2.24, 2.45) is 0 Å². The molecule has 1 fully saturated rings. The van der Waals surface area contributed by atoms with E-state index < -0.39 is 11.7 Å². The minimum atomic E-state index is -4.35. The molecule has 0 spiro atoms. The largest absolute Gasteiger partial charge is 0.416 e. The molecule has 2 aromatic carbocycles. The van der Waals surface area contributed by atoms with Crippen LogP contribution in [0.5, 0.6) is 0 Å². The molecule has 1 saturated heterocycles. The monoisotopic (exact) mass is 478 g/mol. The number of aromatic nitrogens is 4. The third kappa shape index (κ3) is 4.84. The van der Waals surface area contributed by atoms with Crippen LogP contribution in [-0.2, 0) is 6.18 Å². The van der Waals surface area contributed by atoms with Crippen molar-refractivity contribution >= 4 is 11.6 Å². The number of benzene rings is 2. The maximum Gasteiger partial charge on any atom is 0.416 e. The van der Waals surface area contributed by atoms with Crippen molar-refractivity contribution in [2.75, 3.05) is 36.0 Å². The summed E-state index contributed by atoms with van der Waals surface area (Å²) in [4.78, 5) is 13.3. The Bertz CT molecular complexity index is 1320. The highest BCUT2D eigenvalue weighted by molar-refractivity contribution is 5.63. The number of hydrogen-bond donors (Lipinski definition) is 0. The van der Waals surface area contributed by atoms with Crippen molar-refractivity contribution in [1.82, 2.24) is 19.7 Å². The normalized spacial score (nSPS) is 14.4. The summed E-state index contributed by atoms with van der Waals surface area (Å²) in [5.41, 5.74) is 4.69. The SMILES string of the molecule is Cc1ccc(-n2cc(-c3ccnc(N4CCN(c5cccc(C(F)(F)F)c5)CC4)n3)c(C)n2)cc1. The molecule has 35 heavy (non-hydrogen) atoms. The minimum Gasteiger partial charge on any atom is -0.368 e. The van der Waals surface area contributed by atoms with Gasteiger partial charge >= 0.3 is 6.18 Å². The average molecular weight is 479 g/mol. The van der Waals surface area contributed by atoms with Gasteiger partial charge in [0.15, 0.2) is 0 Å². The Kier molecular flexibility index (Phi) is 5.92. The van der Waals surface area contributed by atoms with Crippen molar-refractivity contribution in [3.8, 4) is 16.9 Å². The van der Waals surface area contributed by atoms with E-state index in [1.165, 1.54) is 17.7 Å². The summed E-state index contributed by atoms with van der Waals surface area (Å²) in [7, 11) is 0. The molecule has 1 aliphatic rings. The Hall–Kier alpha value is -3.88. The highest BCUT2D eigenvalue weighted by Gasteiger charge is 2.31. The van der Waals surface area contributed by atoms with Crippen molar-refractivity contribution in [1.29, 1.82) is 0 Å². The van der Waals surface area contributed by atoms with Crippen molar-refractivity contribution < 1.29 is 13.2 Å². The van der Waals surface area contributed by atoms with Gasteiger partial charge in [0, 0.05) is 49.8 Å². The van der Waals surface area contributed by atoms with Gasteiger partial charge in [0.05, 0.1) is 22.6 Å². The van der Waals surface area contributed by atoms with E-state index in [1.54, 1.807) is 12.3 Å². The van der Waals surface area contributed by atoms with Crippen molar-refractivity contribution in [2.45, 2.75) is 20.0 Å². The topological polar surface area (TPSA) is 50.1 Å². The zero-order valence-electron chi connectivity index (χ0n) is 19.5. The van der Waals surface area contributed by atoms with E-state index in [2.05, 4.69) is 15.0 Å². The second kappa shape index (κ2) is 9.05. The molecule has 0 saturated carbocycles. The first-order valence-corrected chi connectivity index (χ1v) is 11.4. The number of aryl methyl sites for hydroxylation is 2. The van der Waals surface area contributed by atoms with Crippen LogP contribution in [0.1, 0.15) is 16.8 Å². The fourth-order valence-electron chi connectivity index (χ4n) is 4.24. The third-order valence-electron chi connectivity index (χ3n) is 6.22. The first-order valence-electron chi connectivity index (χ1n) is 11.4. The molecule has 0 bridgehead atoms. The highest BCUT2D eigenvalue weighted by Crippen LogP contribution is 2.32. The Morgan fingerprint density at radius 2 is 1.54 bits per heavy atom. The molecular weight excluding hydrogens is 453 g/mol. The van der Waals surface area contributed by atoms with E-state index in [0.29, 0.717) is 37.8 Å². The molecule has 5 rings (SSSR count). The van der Waals surface area contributed by atoms with Crippen molar-refractivity contribution in [3.63, 3.8) is 0 Å². The van der Waals surface area contributed by atoms with Gasteiger partial charge in [0.2, 0.25) is 5.95 Å². The number of piperazine rings is 1. The van der Waals surface area contributed by atoms with Crippen LogP contribution in [0.15, 0.2) is 67.0 Å². The van der Waals surface area contributed by atoms with Gasteiger partial charge in [0.1, 0.15) is 0 Å². The molecule has 6 nitrogen and oxygen atoms in total. The summed E-state index contributed by atoms with van der Waals surface area (Å²) in [6.07, 6.45) is -0.644. The Morgan fingerprint density at radius 1 is 0.829 bits per heavy atom. The first kappa shape index (κ1) is 22.9. The molecule has 0 N–H and O–H groups in total. The maximum absolute atomic E-state index is 13.1. The van der Waals surface area contributed by atoms with E-state index in [4.69, 9.17) is 4.98 Å². The quantitative estimate of drug-likeness (QED) is 0.399. The van der Waals surface area contributed by atoms with Gasteiger partial charge in [-0.1, -0.05) is 23.8 Å². The number of rotatable bonds is 4. The van der Waals surface area contributed by atoms with Gasteiger partial charge in [-0.25, -0.2) is 14.6 Å². The average Bonchev–Trinajstić information content (AvgIpc) is 3.26. The van der Waals surface area contributed by atoms with Gasteiger partial charge in [-0.3, -0.25) is 0 Å². The molecular formula is C26H25F3N6. The Labute approximate surface area is 201 Å². The van der Waals surface area contributed by atoms with Crippen LogP contribution in [0.2, 0.25) is 0 Å². The second-order valence-corrected chi connectivity index (χ2v) is 8.67. The van der Waals surface area contributed by atoms with Gasteiger partial charge in [-0.05, 0) is 50.2 Å². The van der Waals surface area contributed by atoms with Gasteiger partial charge in [-0.2, -0.15) is 18.3 Å². The molecule has 0 unspecified atom stereocenters. The summed E-state index contributed by atoms with van der Waals surface area (Å²) in [6.45, 7) is 6.39. The van der Waals surface area contributed by atoms with E-state index in [1.807, 2.05) is 60.0 Å². The zero-order chi connectivity index (χ0) is 24.6. The van der Waals surface area contributed by atoms with Gasteiger partial charge in [-0.15, -0.1) is 0 Å². The van der Waals surface area contributed by atoms with E-state index >= 15 is 0 Å². The van der Waals surface area contributed by atoms with E-state index in [9.17, 15) is 13.2 Å². The first-order chi connectivity index (χ1) is 16.8. The van der Waals surface area contributed by atoms with Crippen LogP contribution in [0.25, 0.3) is 16.9 Å². The van der Waals surface area contributed by atoms with Crippen molar-refractivity contribution in [3.05, 3.63) is 83.8 Å². The van der Waals surface area contributed by atoms with Crippen LogP contribution >= 0.6 is 0 Å². The van der Waals surface area contributed by atoms with Crippen LogP contribution in [0, 0.1) is 13.8 Å². The zero-order valence-corrected chi connectivity index (χ0v) is 19.5. The Morgan fingerprint density at radius 3 is 2.26 bits per heavy atom. The molecule has 4 aromatic rings. The summed E-state index contributed by atoms with van der Waals surface area (Å²) >= 11 is 0. The smallest absolute Gasteiger partial charge is 0.368 e. The third-order valence-corrected chi connectivity index (χ3v) is 6.22. The molecule has 0 atom stereocenters.